The lowest BCUT2D eigenvalue weighted by Gasteiger charge is -2.11. The Balaban J connectivity index is 2.28. The van der Waals surface area contributed by atoms with E-state index in [-0.39, 0.29) is 0 Å². The molecule has 0 atom stereocenters. The Labute approximate surface area is 127 Å². The molecule has 0 fully saturated rings. The molecular formula is C16H16N2O2S. The largest absolute Gasteiger partial charge is 0.497 e. The molecule has 0 aliphatic heterocycles. The molecule has 3 rings (SSSR count). The molecule has 0 saturated carbocycles. The second-order valence-corrected chi connectivity index (χ2v) is 5.27. The molecule has 108 valence electrons. The highest BCUT2D eigenvalue weighted by Crippen LogP contribution is 2.31. The molecular weight excluding hydrogens is 284 g/mol. The van der Waals surface area contributed by atoms with Crippen LogP contribution in [0.2, 0.25) is 0 Å². The molecule has 0 amide bonds. The van der Waals surface area contributed by atoms with Crippen LogP contribution in [0.1, 0.15) is 0 Å². The van der Waals surface area contributed by atoms with Crippen molar-refractivity contribution in [2.75, 3.05) is 20.5 Å². The Morgan fingerprint density at radius 3 is 2.29 bits per heavy atom. The van der Waals surface area contributed by atoms with Crippen molar-refractivity contribution in [3.63, 3.8) is 0 Å². The molecule has 0 bridgehead atoms. The lowest BCUT2D eigenvalue weighted by molar-refractivity contribution is 0.394. The first kappa shape index (κ1) is 13.8. The topological polar surface area (TPSA) is 36.3 Å². The van der Waals surface area contributed by atoms with Crippen molar-refractivity contribution in [3.05, 3.63) is 42.5 Å². The maximum atomic E-state index is 5.36. The van der Waals surface area contributed by atoms with Crippen LogP contribution in [0.4, 0.5) is 0 Å². The van der Waals surface area contributed by atoms with Gasteiger partial charge in [-0.2, -0.15) is 0 Å². The van der Waals surface area contributed by atoms with Crippen LogP contribution in [0.3, 0.4) is 0 Å². The van der Waals surface area contributed by atoms with E-state index in [0.717, 1.165) is 33.4 Å². The number of imidazole rings is 1. The van der Waals surface area contributed by atoms with E-state index in [1.807, 2.05) is 42.7 Å². The second kappa shape index (κ2) is 5.69. The summed E-state index contributed by atoms with van der Waals surface area (Å²) in [6.07, 6.45) is 2.02. The molecule has 2 aromatic carbocycles. The maximum absolute atomic E-state index is 5.36. The van der Waals surface area contributed by atoms with Gasteiger partial charge in [0.2, 0.25) is 0 Å². The zero-order valence-corrected chi connectivity index (χ0v) is 13.0. The zero-order valence-electron chi connectivity index (χ0n) is 12.2. The van der Waals surface area contributed by atoms with E-state index < -0.39 is 0 Å². The Morgan fingerprint density at radius 1 is 1.00 bits per heavy atom. The fourth-order valence-electron chi connectivity index (χ4n) is 2.31. The Morgan fingerprint density at radius 2 is 1.67 bits per heavy atom. The third-order valence-electron chi connectivity index (χ3n) is 3.31. The normalized spacial score (nSPS) is 10.8. The highest BCUT2D eigenvalue weighted by molar-refractivity contribution is 7.98. The third-order valence-corrected chi connectivity index (χ3v) is 3.95. The van der Waals surface area contributed by atoms with Gasteiger partial charge in [0, 0.05) is 18.2 Å². The molecule has 0 N–H and O–H groups in total. The summed E-state index contributed by atoms with van der Waals surface area (Å²) in [7, 11) is 3.31. The average Bonchev–Trinajstić information content (AvgIpc) is 2.92. The number of hydrogen-bond acceptors (Lipinski definition) is 4. The Bertz CT molecular complexity index is 761. The lowest BCUT2D eigenvalue weighted by Crippen LogP contribution is -1.98. The number of para-hydroxylation sites is 2. The number of nitrogens with zero attached hydrogens (tertiary/aromatic N) is 2. The molecule has 0 saturated heterocycles. The minimum absolute atomic E-state index is 0.759. The third kappa shape index (κ3) is 2.45. The number of fused-ring (bicyclic) bond motifs is 1. The number of methoxy groups -OCH3 is 2. The smallest absolute Gasteiger partial charge is 0.173 e. The minimum Gasteiger partial charge on any atom is -0.497 e. The molecule has 1 heterocycles. The molecule has 5 heteroatoms. The highest BCUT2D eigenvalue weighted by Gasteiger charge is 2.13. The van der Waals surface area contributed by atoms with E-state index in [1.54, 1.807) is 26.0 Å². The summed E-state index contributed by atoms with van der Waals surface area (Å²) in [6.45, 7) is 0. The standard InChI is InChI=1S/C16H16N2O2S/c1-19-12-8-11(9-13(10-12)20-2)18-15-7-5-4-6-14(15)17-16(18)21-3/h4-10H,1-3H3. The van der Waals surface area contributed by atoms with Crippen molar-refractivity contribution in [2.45, 2.75) is 5.16 Å². The van der Waals surface area contributed by atoms with Crippen molar-refractivity contribution >= 4 is 22.8 Å². The van der Waals surface area contributed by atoms with Gasteiger partial charge in [-0.05, 0) is 18.4 Å². The summed E-state index contributed by atoms with van der Waals surface area (Å²) in [6, 6.07) is 13.9. The van der Waals surface area contributed by atoms with Crippen LogP contribution in [0, 0.1) is 0 Å². The van der Waals surface area contributed by atoms with E-state index in [4.69, 9.17) is 9.47 Å². The number of hydrogen-bond donors (Lipinski definition) is 0. The molecule has 0 unspecified atom stereocenters. The monoisotopic (exact) mass is 300 g/mol. The number of rotatable bonds is 4. The molecule has 0 radical (unpaired) electrons. The van der Waals surface area contributed by atoms with Gasteiger partial charge in [0.15, 0.2) is 5.16 Å². The summed E-state index contributed by atoms with van der Waals surface area (Å²) in [4.78, 5) is 4.66. The Kier molecular flexibility index (Phi) is 3.75. The van der Waals surface area contributed by atoms with Gasteiger partial charge >= 0.3 is 0 Å². The fourth-order valence-corrected chi connectivity index (χ4v) is 2.89. The van der Waals surface area contributed by atoms with Crippen LogP contribution in [-0.2, 0) is 0 Å². The van der Waals surface area contributed by atoms with Crippen molar-refractivity contribution in [1.29, 1.82) is 0 Å². The van der Waals surface area contributed by atoms with Crippen LogP contribution in [0.15, 0.2) is 47.6 Å². The van der Waals surface area contributed by atoms with Gasteiger partial charge in [-0.1, -0.05) is 23.9 Å². The second-order valence-electron chi connectivity index (χ2n) is 4.49. The summed E-state index contributed by atoms with van der Waals surface area (Å²) in [5.74, 6) is 1.52. The van der Waals surface area contributed by atoms with Crippen molar-refractivity contribution in [1.82, 2.24) is 9.55 Å². The Hall–Kier alpha value is -2.14. The molecule has 0 aliphatic carbocycles. The zero-order chi connectivity index (χ0) is 14.8. The highest BCUT2D eigenvalue weighted by atomic mass is 32.2. The van der Waals surface area contributed by atoms with Gasteiger partial charge in [0.25, 0.3) is 0 Å². The van der Waals surface area contributed by atoms with Crippen molar-refractivity contribution < 1.29 is 9.47 Å². The summed E-state index contributed by atoms with van der Waals surface area (Å²) in [5.41, 5.74) is 3.02. The van der Waals surface area contributed by atoms with Crippen molar-refractivity contribution in [3.8, 4) is 17.2 Å². The minimum atomic E-state index is 0.759. The number of aromatic nitrogens is 2. The van der Waals surface area contributed by atoms with Crippen LogP contribution in [0.5, 0.6) is 11.5 Å². The van der Waals surface area contributed by atoms with Gasteiger partial charge in [0.1, 0.15) is 11.5 Å². The van der Waals surface area contributed by atoms with E-state index in [1.165, 1.54) is 0 Å². The van der Waals surface area contributed by atoms with Gasteiger partial charge in [0.05, 0.1) is 30.9 Å². The molecule has 0 spiro atoms. The fraction of sp³-hybridized carbons (Fsp3) is 0.188. The van der Waals surface area contributed by atoms with E-state index in [9.17, 15) is 0 Å². The van der Waals surface area contributed by atoms with Crippen LogP contribution in [-0.4, -0.2) is 30.0 Å². The molecule has 1 aromatic heterocycles. The van der Waals surface area contributed by atoms with Gasteiger partial charge < -0.3 is 9.47 Å². The first-order valence-electron chi connectivity index (χ1n) is 6.51. The van der Waals surface area contributed by atoms with Crippen LogP contribution in [0.25, 0.3) is 16.7 Å². The first-order chi connectivity index (χ1) is 10.3. The van der Waals surface area contributed by atoms with Gasteiger partial charge in [-0.25, -0.2) is 4.98 Å². The average molecular weight is 300 g/mol. The summed E-state index contributed by atoms with van der Waals surface area (Å²) >= 11 is 1.61. The van der Waals surface area contributed by atoms with E-state index in [0.29, 0.717) is 0 Å². The molecule has 3 aromatic rings. The molecule has 0 aliphatic rings. The lowest BCUT2D eigenvalue weighted by atomic mass is 10.2. The number of thioether (sulfide) groups is 1. The summed E-state index contributed by atoms with van der Waals surface area (Å²) < 4.78 is 12.8. The summed E-state index contributed by atoms with van der Waals surface area (Å²) in [5, 5.41) is 0.937. The quantitative estimate of drug-likeness (QED) is 0.687. The van der Waals surface area contributed by atoms with Crippen LogP contribution < -0.4 is 9.47 Å². The van der Waals surface area contributed by atoms with Gasteiger partial charge in [-0.15, -0.1) is 0 Å². The first-order valence-corrected chi connectivity index (χ1v) is 7.74. The number of benzene rings is 2. The number of ether oxygens (including phenoxy) is 2. The predicted molar refractivity (Wildman–Crippen MR) is 86.0 cm³/mol. The molecule has 21 heavy (non-hydrogen) atoms. The maximum Gasteiger partial charge on any atom is 0.173 e. The van der Waals surface area contributed by atoms with E-state index >= 15 is 0 Å². The predicted octanol–water partition coefficient (Wildman–Crippen LogP) is 3.76. The SMILES string of the molecule is COc1cc(OC)cc(-n2c(SC)nc3ccccc32)c1. The van der Waals surface area contributed by atoms with Crippen LogP contribution >= 0.6 is 11.8 Å². The van der Waals surface area contributed by atoms with Crippen molar-refractivity contribution in [2.24, 2.45) is 0 Å². The van der Waals surface area contributed by atoms with Gasteiger partial charge in [-0.3, -0.25) is 4.57 Å². The van der Waals surface area contributed by atoms with E-state index in [2.05, 4.69) is 15.6 Å². The molecule has 4 nitrogen and oxygen atoms in total.